The molecule has 1 amide bonds. The zero-order chi connectivity index (χ0) is 26.1. The number of halogens is 6. The van der Waals surface area contributed by atoms with Crippen molar-refractivity contribution < 1.29 is 36.6 Å². The number of imidazole rings is 1. The van der Waals surface area contributed by atoms with Gasteiger partial charge < -0.3 is 19.7 Å². The number of aliphatic hydroxyl groups excluding tert-OH is 1. The van der Waals surface area contributed by atoms with Gasteiger partial charge in [0, 0.05) is 7.05 Å². The molecule has 0 aliphatic heterocycles. The predicted octanol–water partition coefficient (Wildman–Crippen LogP) is 5.66. The molecule has 0 aliphatic rings. The number of carbonyl (C=O) groups is 1. The highest BCUT2D eigenvalue weighted by Crippen LogP contribution is 2.35. The summed E-state index contributed by atoms with van der Waals surface area (Å²) >= 11 is 5.90. The van der Waals surface area contributed by atoms with Gasteiger partial charge in [-0.25, -0.2) is 13.8 Å². The number of para-hydroxylation sites is 1. The molecule has 0 saturated carbocycles. The Bertz CT molecular complexity index is 1240. The first-order chi connectivity index (χ1) is 16.4. The summed E-state index contributed by atoms with van der Waals surface area (Å²) < 4.78 is 75.4. The molecule has 0 radical (unpaired) electrons. The van der Waals surface area contributed by atoms with Gasteiger partial charge in [-0.15, -0.1) is 0 Å². The van der Waals surface area contributed by atoms with Crippen molar-refractivity contribution in [3.8, 4) is 17.1 Å². The molecule has 188 valence electrons. The summed E-state index contributed by atoms with van der Waals surface area (Å²) in [6.07, 6.45) is -6.74. The van der Waals surface area contributed by atoms with Crippen molar-refractivity contribution in [2.45, 2.75) is 39.2 Å². The first kappa shape index (κ1) is 26.4. The Kier molecular flexibility index (Phi) is 7.71. The van der Waals surface area contributed by atoms with Crippen LogP contribution < -0.4 is 10.1 Å². The molecule has 3 aromatic rings. The molecule has 1 unspecified atom stereocenters. The summed E-state index contributed by atoms with van der Waals surface area (Å²) in [4.78, 5) is 17.2. The molecule has 1 atom stereocenters. The molecule has 1 aromatic heterocycles. The zero-order valence-electron chi connectivity index (χ0n) is 18.8. The summed E-state index contributed by atoms with van der Waals surface area (Å²) in [5.41, 5.74) is -0.445. The maximum absolute atomic E-state index is 15.2. The Hall–Kier alpha value is -3.18. The average Bonchev–Trinajstić information content (AvgIpc) is 3.11. The normalized spacial score (nSPS) is 12.5. The van der Waals surface area contributed by atoms with Crippen LogP contribution in [0.3, 0.4) is 0 Å². The van der Waals surface area contributed by atoms with Gasteiger partial charge in [-0.1, -0.05) is 24.6 Å². The topological polar surface area (TPSA) is 76.4 Å². The lowest BCUT2D eigenvalue weighted by Gasteiger charge is -2.21. The number of nitrogens with one attached hydrogen (secondary N) is 1. The number of aryl methyl sites for hydroxylation is 1. The minimum atomic E-state index is -4.79. The number of amides is 1. The third-order valence-corrected chi connectivity index (χ3v) is 5.62. The fourth-order valence-corrected chi connectivity index (χ4v) is 3.58. The van der Waals surface area contributed by atoms with Crippen LogP contribution in [0.4, 0.5) is 27.6 Å². The number of alkyl halides is 3. The Morgan fingerprint density at radius 2 is 1.94 bits per heavy atom. The maximum Gasteiger partial charge on any atom is 0.425 e. The van der Waals surface area contributed by atoms with Crippen molar-refractivity contribution in [2.75, 3.05) is 5.32 Å². The monoisotopic (exact) mass is 517 g/mol. The van der Waals surface area contributed by atoms with Gasteiger partial charge in [0.15, 0.2) is 6.10 Å². The molecule has 2 N–H and O–H groups in total. The number of aliphatic hydroxyl groups is 1. The van der Waals surface area contributed by atoms with E-state index in [4.69, 9.17) is 16.3 Å². The Balaban J connectivity index is 2.15. The fraction of sp³-hybridized carbons (Fsp3) is 0.304. The van der Waals surface area contributed by atoms with Crippen LogP contribution in [-0.2, 0) is 20.1 Å². The lowest BCUT2D eigenvalue weighted by Crippen LogP contribution is -2.32. The van der Waals surface area contributed by atoms with Crippen LogP contribution in [0.15, 0.2) is 30.3 Å². The lowest BCUT2D eigenvalue weighted by molar-refractivity contribution is -0.189. The highest BCUT2D eigenvalue weighted by molar-refractivity contribution is 6.34. The quantitative estimate of drug-likeness (QED) is 0.397. The smallest absolute Gasteiger partial charge is 0.425 e. The molecule has 0 spiro atoms. The van der Waals surface area contributed by atoms with E-state index in [2.05, 4.69) is 10.3 Å². The van der Waals surface area contributed by atoms with Gasteiger partial charge in [0.1, 0.15) is 23.2 Å². The van der Waals surface area contributed by atoms with E-state index in [0.717, 1.165) is 19.1 Å². The second-order valence-electron chi connectivity index (χ2n) is 7.58. The number of hydrogen-bond donors (Lipinski definition) is 2. The molecule has 0 aliphatic carbocycles. The van der Waals surface area contributed by atoms with E-state index in [1.54, 1.807) is 6.92 Å². The molecular weight excluding hydrogens is 497 g/mol. The van der Waals surface area contributed by atoms with Crippen molar-refractivity contribution in [1.29, 1.82) is 0 Å². The van der Waals surface area contributed by atoms with Gasteiger partial charge in [-0.05, 0) is 37.6 Å². The van der Waals surface area contributed by atoms with E-state index in [-0.39, 0.29) is 16.4 Å². The molecule has 0 bridgehead atoms. The number of aromatic nitrogens is 2. The van der Waals surface area contributed by atoms with E-state index in [9.17, 15) is 27.5 Å². The van der Waals surface area contributed by atoms with Crippen LogP contribution in [0.1, 0.15) is 35.6 Å². The number of benzene rings is 2. The van der Waals surface area contributed by atoms with Crippen LogP contribution in [0.2, 0.25) is 5.02 Å². The standard InChI is InChI=1S/C23H21ClF5N3O3/c1-4-17-18(10-33)32(3)21(30-17)12-9-19(35-11(2)23(27,28)29)13(8-16(12)26)22(34)31-20-14(24)6-5-7-15(20)25/h5-9,11,33H,4,10H2,1-3H3,(H,31,34). The van der Waals surface area contributed by atoms with Crippen LogP contribution in [0.25, 0.3) is 11.4 Å². The first-order valence-corrected chi connectivity index (χ1v) is 10.7. The average molecular weight is 518 g/mol. The number of rotatable bonds is 7. The van der Waals surface area contributed by atoms with Crippen LogP contribution in [-0.4, -0.2) is 32.8 Å². The number of anilines is 1. The predicted molar refractivity (Wildman–Crippen MR) is 119 cm³/mol. The van der Waals surface area contributed by atoms with Crippen molar-refractivity contribution in [1.82, 2.24) is 9.55 Å². The minimum absolute atomic E-state index is 0.0111. The fourth-order valence-electron chi connectivity index (χ4n) is 3.37. The first-order valence-electron chi connectivity index (χ1n) is 10.4. The van der Waals surface area contributed by atoms with Crippen molar-refractivity contribution >= 4 is 23.2 Å². The maximum atomic E-state index is 15.2. The highest BCUT2D eigenvalue weighted by Gasteiger charge is 2.39. The van der Waals surface area contributed by atoms with Crippen molar-refractivity contribution in [3.63, 3.8) is 0 Å². The van der Waals surface area contributed by atoms with E-state index in [1.807, 2.05) is 0 Å². The molecule has 12 heteroatoms. The second-order valence-corrected chi connectivity index (χ2v) is 7.99. The Labute approximate surface area is 202 Å². The molecule has 6 nitrogen and oxygen atoms in total. The summed E-state index contributed by atoms with van der Waals surface area (Å²) in [5, 5.41) is 11.6. The summed E-state index contributed by atoms with van der Waals surface area (Å²) in [6.45, 7) is 2.09. The third-order valence-electron chi connectivity index (χ3n) is 5.30. The summed E-state index contributed by atoms with van der Waals surface area (Å²) in [7, 11) is 1.51. The van der Waals surface area contributed by atoms with E-state index >= 15 is 4.39 Å². The van der Waals surface area contributed by atoms with Gasteiger partial charge in [0.05, 0.1) is 39.8 Å². The lowest BCUT2D eigenvalue weighted by atomic mass is 10.1. The number of hydrogen-bond acceptors (Lipinski definition) is 4. The van der Waals surface area contributed by atoms with Crippen molar-refractivity contribution in [2.24, 2.45) is 7.05 Å². The van der Waals surface area contributed by atoms with E-state index in [0.29, 0.717) is 23.9 Å². The number of carbonyl (C=O) groups excluding carboxylic acids is 1. The third kappa shape index (κ3) is 5.40. The van der Waals surface area contributed by atoms with Gasteiger partial charge >= 0.3 is 6.18 Å². The zero-order valence-corrected chi connectivity index (χ0v) is 19.6. The van der Waals surface area contributed by atoms with E-state index < -0.39 is 53.4 Å². The second kappa shape index (κ2) is 10.2. The van der Waals surface area contributed by atoms with Gasteiger partial charge in [0.25, 0.3) is 5.91 Å². The van der Waals surface area contributed by atoms with Gasteiger partial charge in [-0.3, -0.25) is 4.79 Å². The molecule has 0 fully saturated rings. The summed E-state index contributed by atoms with van der Waals surface area (Å²) in [5.74, 6) is -3.63. The van der Waals surface area contributed by atoms with E-state index in [1.165, 1.54) is 23.7 Å². The minimum Gasteiger partial charge on any atom is -0.480 e. The summed E-state index contributed by atoms with van der Waals surface area (Å²) in [6, 6.07) is 5.19. The van der Waals surface area contributed by atoms with Crippen LogP contribution >= 0.6 is 11.6 Å². The SMILES string of the molecule is CCc1nc(-c2cc(OC(C)C(F)(F)F)c(C(=O)Nc3c(F)cccc3Cl)cc2F)n(C)c1CO. The molecule has 0 saturated heterocycles. The largest absolute Gasteiger partial charge is 0.480 e. The van der Waals surface area contributed by atoms with Crippen LogP contribution in [0.5, 0.6) is 5.75 Å². The molecule has 1 heterocycles. The number of nitrogens with zero attached hydrogens (tertiary/aromatic N) is 2. The van der Waals surface area contributed by atoms with Crippen LogP contribution in [0, 0.1) is 11.6 Å². The number of ether oxygens (including phenoxy) is 1. The molecule has 3 rings (SSSR count). The molecular formula is C23H21ClF5N3O3. The Morgan fingerprint density at radius 3 is 2.49 bits per heavy atom. The highest BCUT2D eigenvalue weighted by atomic mass is 35.5. The van der Waals surface area contributed by atoms with Gasteiger partial charge in [0.2, 0.25) is 0 Å². The van der Waals surface area contributed by atoms with Gasteiger partial charge in [-0.2, -0.15) is 13.2 Å². The molecule has 2 aromatic carbocycles. The Morgan fingerprint density at radius 1 is 1.26 bits per heavy atom. The van der Waals surface area contributed by atoms with Crippen molar-refractivity contribution in [3.05, 3.63) is 63.9 Å². The molecule has 35 heavy (non-hydrogen) atoms.